The van der Waals surface area contributed by atoms with Crippen molar-refractivity contribution in [3.05, 3.63) is 64.2 Å². The van der Waals surface area contributed by atoms with E-state index in [1.165, 1.54) is 22.3 Å². The van der Waals surface area contributed by atoms with Crippen molar-refractivity contribution in [2.24, 2.45) is 0 Å². The SMILES string of the molecule is O=C(Nc1c2c(cc3c1CCC3)CCC2)NS(=O)(=O)CCc1ccccc1. The summed E-state index contributed by atoms with van der Waals surface area (Å²) in [6.45, 7) is 0. The van der Waals surface area contributed by atoms with Gasteiger partial charge in [-0.3, -0.25) is 0 Å². The molecular weight excluding hydrogens is 360 g/mol. The number of nitrogens with one attached hydrogen (secondary N) is 2. The summed E-state index contributed by atoms with van der Waals surface area (Å²) in [6, 6.07) is 11.0. The third-order valence-corrected chi connectivity index (χ3v) is 6.70. The second-order valence-electron chi connectivity index (χ2n) is 7.34. The van der Waals surface area contributed by atoms with Crippen LogP contribution in [0, 0.1) is 0 Å². The molecule has 2 aliphatic carbocycles. The van der Waals surface area contributed by atoms with Crippen molar-refractivity contribution in [2.75, 3.05) is 11.1 Å². The van der Waals surface area contributed by atoms with Crippen molar-refractivity contribution >= 4 is 21.7 Å². The molecule has 0 aromatic heterocycles. The lowest BCUT2D eigenvalue weighted by molar-refractivity contribution is 0.256. The van der Waals surface area contributed by atoms with Gasteiger partial charge < -0.3 is 5.32 Å². The third kappa shape index (κ3) is 4.00. The van der Waals surface area contributed by atoms with Gasteiger partial charge >= 0.3 is 6.03 Å². The zero-order chi connectivity index (χ0) is 18.9. The standard InChI is InChI=1S/C21H24N2O3S/c24-21(23-27(25,26)13-12-15-6-2-1-3-7-15)22-20-18-10-4-8-16(18)14-17-9-5-11-19(17)20/h1-3,6-7,14H,4-5,8-13H2,(H2,22,23,24). The second kappa shape index (κ2) is 7.35. The van der Waals surface area contributed by atoms with Crippen LogP contribution in [0.25, 0.3) is 0 Å². The first-order valence-corrected chi connectivity index (χ1v) is 11.2. The van der Waals surface area contributed by atoms with E-state index in [4.69, 9.17) is 0 Å². The summed E-state index contributed by atoms with van der Waals surface area (Å²) < 4.78 is 26.8. The van der Waals surface area contributed by atoms with Gasteiger partial charge in [0.2, 0.25) is 10.0 Å². The Kier molecular flexibility index (Phi) is 4.91. The Morgan fingerprint density at radius 1 is 0.926 bits per heavy atom. The van der Waals surface area contributed by atoms with E-state index in [0.29, 0.717) is 6.42 Å². The normalized spacial score (nSPS) is 15.3. The number of amides is 2. The van der Waals surface area contributed by atoms with E-state index < -0.39 is 16.1 Å². The molecule has 0 unspecified atom stereocenters. The van der Waals surface area contributed by atoms with Gasteiger partial charge in [-0.05, 0) is 72.8 Å². The van der Waals surface area contributed by atoms with Gasteiger partial charge in [0.1, 0.15) is 0 Å². The largest absolute Gasteiger partial charge is 0.332 e. The zero-order valence-electron chi connectivity index (χ0n) is 15.3. The van der Waals surface area contributed by atoms with Crippen LogP contribution in [0.5, 0.6) is 0 Å². The number of urea groups is 1. The predicted molar refractivity (Wildman–Crippen MR) is 107 cm³/mol. The van der Waals surface area contributed by atoms with Crippen molar-refractivity contribution < 1.29 is 13.2 Å². The molecule has 2 amide bonds. The highest BCUT2D eigenvalue weighted by molar-refractivity contribution is 7.90. The molecule has 6 heteroatoms. The maximum absolute atomic E-state index is 12.4. The van der Waals surface area contributed by atoms with Crippen molar-refractivity contribution in [3.8, 4) is 0 Å². The lowest BCUT2D eigenvalue weighted by Crippen LogP contribution is -2.36. The average Bonchev–Trinajstić information content (AvgIpc) is 3.29. The number of sulfonamides is 1. The van der Waals surface area contributed by atoms with Gasteiger partial charge in [0.25, 0.3) is 0 Å². The fraction of sp³-hybridized carbons (Fsp3) is 0.381. The van der Waals surface area contributed by atoms with E-state index >= 15 is 0 Å². The van der Waals surface area contributed by atoms with Crippen molar-refractivity contribution in [1.29, 1.82) is 0 Å². The molecule has 0 saturated heterocycles. The van der Waals surface area contributed by atoms with Crippen LogP contribution in [-0.4, -0.2) is 20.2 Å². The van der Waals surface area contributed by atoms with Crippen LogP contribution in [0.2, 0.25) is 0 Å². The minimum absolute atomic E-state index is 0.116. The Morgan fingerprint density at radius 3 is 2.19 bits per heavy atom. The molecule has 2 aliphatic rings. The minimum atomic E-state index is -3.69. The van der Waals surface area contributed by atoms with E-state index in [0.717, 1.165) is 49.8 Å². The Bertz CT molecular complexity index is 936. The van der Waals surface area contributed by atoms with Gasteiger partial charge in [0.05, 0.1) is 5.75 Å². The molecule has 0 spiro atoms. The van der Waals surface area contributed by atoms with E-state index in [1.807, 2.05) is 30.3 Å². The first-order valence-electron chi connectivity index (χ1n) is 9.54. The number of carbonyl (C=O) groups excluding carboxylic acids is 1. The number of carbonyl (C=O) groups is 1. The molecule has 2 aromatic carbocycles. The summed E-state index contributed by atoms with van der Waals surface area (Å²) in [5.41, 5.74) is 6.77. The summed E-state index contributed by atoms with van der Waals surface area (Å²) in [7, 11) is -3.69. The summed E-state index contributed by atoms with van der Waals surface area (Å²) in [4.78, 5) is 12.4. The van der Waals surface area contributed by atoms with Gasteiger partial charge in [-0.2, -0.15) is 0 Å². The molecule has 2 N–H and O–H groups in total. The number of anilines is 1. The van der Waals surface area contributed by atoms with Crippen LogP contribution in [0.1, 0.15) is 40.7 Å². The number of fused-ring (bicyclic) bond motifs is 2. The molecule has 0 atom stereocenters. The summed E-state index contributed by atoms with van der Waals surface area (Å²) >= 11 is 0. The van der Waals surface area contributed by atoms with Gasteiger partial charge in [-0.15, -0.1) is 0 Å². The molecule has 0 saturated carbocycles. The summed E-state index contributed by atoms with van der Waals surface area (Å²) in [6.07, 6.45) is 6.51. The lowest BCUT2D eigenvalue weighted by atomic mass is 9.99. The van der Waals surface area contributed by atoms with Crippen molar-refractivity contribution in [1.82, 2.24) is 4.72 Å². The molecule has 4 rings (SSSR count). The van der Waals surface area contributed by atoms with E-state index in [2.05, 4.69) is 16.1 Å². The summed E-state index contributed by atoms with van der Waals surface area (Å²) in [5.74, 6) is -0.116. The predicted octanol–water partition coefficient (Wildman–Crippen LogP) is 3.36. The maximum Gasteiger partial charge on any atom is 0.332 e. The maximum atomic E-state index is 12.4. The highest BCUT2D eigenvalue weighted by Gasteiger charge is 2.25. The highest BCUT2D eigenvalue weighted by Crippen LogP contribution is 2.38. The van der Waals surface area contributed by atoms with Crippen molar-refractivity contribution in [3.63, 3.8) is 0 Å². The van der Waals surface area contributed by atoms with E-state index in [9.17, 15) is 13.2 Å². The number of aryl methyl sites for hydroxylation is 3. The van der Waals surface area contributed by atoms with Gasteiger partial charge in [-0.25, -0.2) is 17.9 Å². The first-order chi connectivity index (χ1) is 13.0. The van der Waals surface area contributed by atoms with Gasteiger partial charge in [0.15, 0.2) is 0 Å². The van der Waals surface area contributed by atoms with Gasteiger partial charge in [-0.1, -0.05) is 36.4 Å². The fourth-order valence-electron chi connectivity index (χ4n) is 4.20. The molecule has 0 heterocycles. The smallest absolute Gasteiger partial charge is 0.307 e. The molecular formula is C21H24N2O3S. The molecule has 0 radical (unpaired) electrons. The van der Waals surface area contributed by atoms with Crippen molar-refractivity contribution in [2.45, 2.75) is 44.9 Å². The van der Waals surface area contributed by atoms with E-state index in [-0.39, 0.29) is 5.75 Å². The van der Waals surface area contributed by atoms with Crippen LogP contribution in [0.3, 0.4) is 0 Å². The Hall–Kier alpha value is -2.34. The molecule has 0 bridgehead atoms. The zero-order valence-corrected chi connectivity index (χ0v) is 16.1. The molecule has 5 nitrogen and oxygen atoms in total. The Balaban J connectivity index is 1.46. The molecule has 2 aromatic rings. The number of benzene rings is 2. The number of hydrogen-bond donors (Lipinski definition) is 2. The number of rotatable bonds is 5. The van der Waals surface area contributed by atoms with E-state index in [1.54, 1.807) is 0 Å². The summed E-state index contributed by atoms with van der Waals surface area (Å²) in [5, 5.41) is 2.87. The van der Waals surface area contributed by atoms with Crippen LogP contribution in [0.4, 0.5) is 10.5 Å². The van der Waals surface area contributed by atoms with Crippen LogP contribution >= 0.6 is 0 Å². The second-order valence-corrected chi connectivity index (χ2v) is 9.19. The molecule has 0 aliphatic heterocycles. The molecule has 27 heavy (non-hydrogen) atoms. The topological polar surface area (TPSA) is 75.3 Å². The minimum Gasteiger partial charge on any atom is -0.307 e. The number of hydrogen-bond acceptors (Lipinski definition) is 3. The van der Waals surface area contributed by atoms with Crippen LogP contribution in [0.15, 0.2) is 36.4 Å². The Morgan fingerprint density at radius 2 is 1.56 bits per heavy atom. The quantitative estimate of drug-likeness (QED) is 0.830. The first kappa shape index (κ1) is 18.0. The average molecular weight is 385 g/mol. The molecule has 0 fully saturated rings. The van der Waals surface area contributed by atoms with Crippen LogP contribution < -0.4 is 10.0 Å². The van der Waals surface area contributed by atoms with Crippen LogP contribution in [-0.2, 0) is 42.1 Å². The third-order valence-electron chi connectivity index (χ3n) is 5.46. The van der Waals surface area contributed by atoms with Gasteiger partial charge in [0, 0.05) is 5.69 Å². The highest BCUT2D eigenvalue weighted by atomic mass is 32.2. The fourth-order valence-corrected chi connectivity index (χ4v) is 5.14. The lowest BCUT2D eigenvalue weighted by Gasteiger charge is -2.16. The monoisotopic (exact) mass is 384 g/mol. The molecule has 142 valence electrons. The Labute approximate surface area is 160 Å².